The van der Waals surface area contributed by atoms with Crippen LogP contribution >= 0.6 is 12.6 Å². The molecule has 0 unspecified atom stereocenters. The second-order valence-electron chi connectivity index (χ2n) is 3.73. The SMILES string of the molecule is COC(=O)CC[C@H](NC(=O)O[C@H](C)CS)C(=O)OC. The molecule has 0 aliphatic carbocycles. The van der Waals surface area contributed by atoms with Crippen molar-refractivity contribution < 1.29 is 28.6 Å². The lowest BCUT2D eigenvalue weighted by Gasteiger charge is -2.17. The van der Waals surface area contributed by atoms with Crippen molar-refractivity contribution in [2.45, 2.75) is 31.9 Å². The highest BCUT2D eigenvalue weighted by Gasteiger charge is 2.23. The van der Waals surface area contributed by atoms with Gasteiger partial charge in [0.1, 0.15) is 12.1 Å². The Morgan fingerprint density at radius 2 is 1.84 bits per heavy atom. The summed E-state index contributed by atoms with van der Waals surface area (Å²) in [6.07, 6.45) is -1.09. The number of rotatable bonds is 7. The van der Waals surface area contributed by atoms with E-state index >= 15 is 0 Å². The van der Waals surface area contributed by atoms with Gasteiger partial charge in [0.15, 0.2) is 0 Å². The minimum absolute atomic E-state index is 0.0152. The van der Waals surface area contributed by atoms with Crippen LogP contribution < -0.4 is 5.32 Å². The van der Waals surface area contributed by atoms with Crippen molar-refractivity contribution in [2.75, 3.05) is 20.0 Å². The molecule has 1 N–H and O–H groups in total. The Morgan fingerprint density at radius 3 is 2.32 bits per heavy atom. The monoisotopic (exact) mass is 293 g/mol. The third kappa shape index (κ3) is 7.55. The minimum Gasteiger partial charge on any atom is -0.469 e. The summed E-state index contributed by atoms with van der Waals surface area (Å²) in [5.74, 6) is -0.773. The summed E-state index contributed by atoms with van der Waals surface area (Å²) in [4.78, 5) is 33.9. The molecular weight excluding hydrogens is 274 g/mol. The quantitative estimate of drug-likeness (QED) is 0.404. The van der Waals surface area contributed by atoms with E-state index in [1.54, 1.807) is 6.92 Å². The number of hydrogen-bond donors (Lipinski definition) is 2. The number of nitrogens with one attached hydrogen (secondary N) is 1. The van der Waals surface area contributed by atoms with Gasteiger partial charge < -0.3 is 19.5 Å². The fourth-order valence-corrected chi connectivity index (χ4v) is 1.23. The van der Waals surface area contributed by atoms with Crippen molar-refractivity contribution >= 4 is 30.7 Å². The van der Waals surface area contributed by atoms with E-state index in [1.807, 2.05) is 0 Å². The van der Waals surface area contributed by atoms with Gasteiger partial charge in [-0.15, -0.1) is 0 Å². The second kappa shape index (κ2) is 9.48. The third-order valence-electron chi connectivity index (χ3n) is 2.21. The van der Waals surface area contributed by atoms with Crippen molar-refractivity contribution in [3.8, 4) is 0 Å². The van der Waals surface area contributed by atoms with Gasteiger partial charge in [0.2, 0.25) is 0 Å². The Morgan fingerprint density at radius 1 is 1.21 bits per heavy atom. The van der Waals surface area contributed by atoms with Gasteiger partial charge in [0.25, 0.3) is 0 Å². The molecular formula is C11H19NO6S. The fourth-order valence-electron chi connectivity index (χ4n) is 1.15. The summed E-state index contributed by atoms with van der Waals surface area (Å²) in [5.41, 5.74) is 0. The molecule has 0 aromatic carbocycles. The first-order valence-corrected chi connectivity index (χ1v) is 6.30. The molecule has 2 atom stereocenters. The van der Waals surface area contributed by atoms with Crippen molar-refractivity contribution in [1.29, 1.82) is 0 Å². The standard InChI is InChI=1S/C11H19NO6S/c1-7(6-19)18-11(15)12-8(10(14)17-3)4-5-9(13)16-2/h7-8,19H,4-6H2,1-3H3,(H,12,15)/t7-,8+/m1/s1. The first-order valence-electron chi connectivity index (χ1n) is 5.67. The predicted molar refractivity (Wildman–Crippen MR) is 70.0 cm³/mol. The topological polar surface area (TPSA) is 90.9 Å². The normalized spacial score (nSPS) is 13.1. The van der Waals surface area contributed by atoms with E-state index in [-0.39, 0.29) is 18.9 Å². The maximum Gasteiger partial charge on any atom is 0.408 e. The Bertz CT molecular complexity index is 322. The van der Waals surface area contributed by atoms with Crippen LogP contribution in [-0.2, 0) is 23.8 Å². The maximum absolute atomic E-state index is 11.5. The number of alkyl carbamates (subject to hydrolysis) is 1. The predicted octanol–water partition coefficient (Wildman–Crippen LogP) is 0.526. The van der Waals surface area contributed by atoms with Crippen LogP contribution in [0.25, 0.3) is 0 Å². The average Bonchev–Trinajstić information content (AvgIpc) is 2.41. The van der Waals surface area contributed by atoms with Crippen LogP contribution in [0.2, 0.25) is 0 Å². The zero-order chi connectivity index (χ0) is 14.8. The summed E-state index contributed by atoms with van der Waals surface area (Å²) in [6.45, 7) is 1.66. The number of esters is 2. The summed E-state index contributed by atoms with van der Waals surface area (Å²) in [5, 5.41) is 2.33. The molecule has 0 aliphatic rings. The van der Waals surface area contributed by atoms with E-state index in [2.05, 4.69) is 27.4 Å². The highest BCUT2D eigenvalue weighted by Crippen LogP contribution is 2.03. The van der Waals surface area contributed by atoms with Crippen LogP contribution in [0, 0.1) is 0 Å². The Balaban J connectivity index is 4.38. The molecule has 8 heteroatoms. The number of amides is 1. The lowest BCUT2D eigenvalue weighted by molar-refractivity contribution is -0.144. The zero-order valence-corrected chi connectivity index (χ0v) is 12.1. The highest BCUT2D eigenvalue weighted by atomic mass is 32.1. The number of thiol groups is 1. The first kappa shape index (κ1) is 17.6. The molecule has 0 saturated heterocycles. The summed E-state index contributed by atoms with van der Waals surface area (Å²) in [6, 6.07) is -0.955. The first-order chi connectivity index (χ1) is 8.94. The van der Waals surface area contributed by atoms with Crippen LogP contribution in [0.1, 0.15) is 19.8 Å². The second-order valence-corrected chi connectivity index (χ2v) is 4.10. The van der Waals surface area contributed by atoms with E-state index in [9.17, 15) is 14.4 Å². The molecule has 0 saturated carbocycles. The van der Waals surface area contributed by atoms with Gasteiger partial charge in [-0.1, -0.05) is 0 Å². The number of methoxy groups -OCH3 is 2. The van der Waals surface area contributed by atoms with Crippen LogP contribution in [0.4, 0.5) is 4.79 Å². The van der Waals surface area contributed by atoms with E-state index in [1.165, 1.54) is 14.2 Å². The van der Waals surface area contributed by atoms with E-state index in [0.29, 0.717) is 5.75 Å². The molecule has 1 amide bonds. The molecule has 0 heterocycles. The molecule has 19 heavy (non-hydrogen) atoms. The summed E-state index contributed by atoms with van der Waals surface area (Å²) >= 11 is 3.96. The van der Waals surface area contributed by atoms with Crippen LogP contribution in [0.3, 0.4) is 0 Å². The van der Waals surface area contributed by atoms with Crippen LogP contribution in [0.15, 0.2) is 0 Å². The zero-order valence-electron chi connectivity index (χ0n) is 11.2. The van der Waals surface area contributed by atoms with Crippen LogP contribution in [0.5, 0.6) is 0 Å². The van der Waals surface area contributed by atoms with Gasteiger partial charge >= 0.3 is 18.0 Å². The Kier molecular flexibility index (Phi) is 8.77. The fraction of sp³-hybridized carbons (Fsp3) is 0.727. The lowest BCUT2D eigenvalue weighted by atomic mass is 10.1. The molecule has 0 spiro atoms. The van der Waals surface area contributed by atoms with E-state index in [0.717, 1.165) is 0 Å². The Hall–Kier alpha value is -1.44. The van der Waals surface area contributed by atoms with Crippen molar-refractivity contribution in [3.05, 3.63) is 0 Å². The van der Waals surface area contributed by atoms with E-state index < -0.39 is 24.1 Å². The van der Waals surface area contributed by atoms with Crippen molar-refractivity contribution in [2.24, 2.45) is 0 Å². The lowest BCUT2D eigenvalue weighted by Crippen LogP contribution is -2.43. The number of ether oxygens (including phenoxy) is 3. The van der Waals surface area contributed by atoms with E-state index in [4.69, 9.17) is 4.74 Å². The molecule has 0 aromatic rings. The van der Waals surface area contributed by atoms with Gasteiger partial charge in [-0.25, -0.2) is 9.59 Å². The van der Waals surface area contributed by atoms with Gasteiger partial charge in [0, 0.05) is 12.2 Å². The molecule has 0 radical (unpaired) electrons. The molecule has 0 fully saturated rings. The molecule has 0 aliphatic heterocycles. The molecule has 7 nitrogen and oxygen atoms in total. The molecule has 0 aromatic heterocycles. The summed E-state index contributed by atoms with van der Waals surface area (Å²) < 4.78 is 13.9. The molecule has 110 valence electrons. The van der Waals surface area contributed by atoms with Crippen molar-refractivity contribution in [3.63, 3.8) is 0 Å². The third-order valence-corrected chi connectivity index (χ3v) is 2.72. The Labute approximate surface area is 117 Å². The van der Waals surface area contributed by atoms with Gasteiger partial charge in [-0.3, -0.25) is 4.79 Å². The average molecular weight is 293 g/mol. The van der Waals surface area contributed by atoms with Crippen molar-refractivity contribution in [1.82, 2.24) is 5.32 Å². The van der Waals surface area contributed by atoms with Crippen LogP contribution in [-0.4, -0.2) is 50.2 Å². The number of carbonyl (C=O) groups excluding carboxylic acids is 3. The molecule has 0 rings (SSSR count). The largest absolute Gasteiger partial charge is 0.469 e. The van der Waals surface area contributed by atoms with Gasteiger partial charge in [-0.05, 0) is 13.3 Å². The maximum atomic E-state index is 11.5. The minimum atomic E-state index is -0.955. The van der Waals surface area contributed by atoms with Gasteiger partial charge in [-0.2, -0.15) is 12.6 Å². The molecule has 0 bridgehead atoms. The summed E-state index contributed by atoms with van der Waals surface area (Å²) in [7, 11) is 2.43. The number of carbonyl (C=O) groups is 3. The van der Waals surface area contributed by atoms with Gasteiger partial charge in [0.05, 0.1) is 14.2 Å². The smallest absolute Gasteiger partial charge is 0.408 e. The highest BCUT2D eigenvalue weighted by molar-refractivity contribution is 7.80. The number of hydrogen-bond acceptors (Lipinski definition) is 7.